The molecular weight excluding hydrogens is 250 g/mol. The minimum absolute atomic E-state index is 0.0482. The Morgan fingerprint density at radius 3 is 2.37 bits per heavy atom. The normalized spacial score (nSPS) is 23.8. The molecule has 6 nitrogen and oxygen atoms in total. The minimum atomic E-state index is -0.750. The molecule has 1 aliphatic carbocycles. The van der Waals surface area contributed by atoms with Gasteiger partial charge in [-0.05, 0) is 26.2 Å². The number of oxime groups is 1. The summed E-state index contributed by atoms with van der Waals surface area (Å²) in [5, 5.41) is 3.68. The van der Waals surface area contributed by atoms with Gasteiger partial charge in [-0.3, -0.25) is 4.79 Å². The van der Waals surface area contributed by atoms with Crippen LogP contribution in [0.1, 0.15) is 39.5 Å². The van der Waals surface area contributed by atoms with Crippen LogP contribution in [0.25, 0.3) is 0 Å². The molecule has 1 rings (SSSR count). The zero-order valence-corrected chi connectivity index (χ0v) is 11.7. The summed E-state index contributed by atoms with van der Waals surface area (Å²) < 4.78 is 10.1. The van der Waals surface area contributed by atoms with Crippen LogP contribution in [-0.4, -0.2) is 43.4 Å². The maximum atomic E-state index is 11.5. The third-order valence-corrected chi connectivity index (χ3v) is 3.03. The van der Waals surface area contributed by atoms with E-state index < -0.39 is 11.8 Å². The van der Waals surface area contributed by atoms with Gasteiger partial charge in [0.1, 0.15) is 0 Å². The number of ketones is 1. The molecule has 108 valence electrons. The maximum absolute atomic E-state index is 11.5. The van der Waals surface area contributed by atoms with Crippen LogP contribution < -0.4 is 0 Å². The van der Waals surface area contributed by atoms with Crippen molar-refractivity contribution in [2.24, 2.45) is 5.16 Å². The molecule has 6 heteroatoms. The Kier molecular flexibility index (Phi) is 6.49. The minimum Gasteiger partial charge on any atom is -0.461 e. The monoisotopic (exact) mass is 271 g/mol. The highest BCUT2D eigenvalue weighted by molar-refractivity contribution is 6.63. The van der Waals surface area contributed by atoms with Crippen molar-refractivity contribution in [3.8, 4) is 0 Å². The van der Waals surface area contributed by atoms with Gasteiger partial charge in [-0.2, -0.15) is 0 Å². The van der Waals surface area contributed by atoms with Crippen molar-refractivity contribution in [3.63, 3.8) is 0 Å². The number of carbonyl (C=O) groups excluding carboxylic acids is 2. The van der Waals surface area contributed by atoms with E-state index in [1.165, 1.54) is 6.92 Å². The van der Waals surface area contributed by atoms with Gasteiger partial charge < -0.3 is 14.3 Å². The first-order chi connectivity index (χ1) is 9.10. The van der Waals surface area contributed by atoms with E-state index in [2.05, 4.69) is 5.16 Å². The summed E-state index contributed by atoms with van der Waals surface area (Å²) in [5.74, 6) is -1.22. The van der Waals surface area contributed by atoms with E-state index >= 15 is 0 Å². The molecular formula is C13H21NO5. The summed E-state index contributed by atoms with van der Waals surface area (Å²) in [7, 11) is 1.62. The average Bonchev–Trinajstić information content (AvgIpc) is 2.39. The van der Waals surface area contributed by atoms with E-state index in [1.54, 1.807) is 14.0 Å². The Morgan fingerprint density at radius 1 is 1.21 bits per heavy atom. The number of rotatable bonds is 6. The molecule has 19 heavy (non-hydrogen) atoms. The molecule has 0 aliphatic heterocycles. The molecule has 1 fully saturated rings. The number of hydrogen-bond donors (Lipinski definition) is 0. The van der Waals surface area contributed by atoms with Crippen LogP contribution in [0.2, 0.25) is 0 Å². The van der Waals surface area contributed by atoms with E-state index in [9.17, 15) is 9.59 Å². The van der Waals surface area contributed by atoms with Gasteiger partial charge in [-0.1, -0.05) is 11.6 Å². The molecule has 0 unspecified atom stereocenters. The largest absolute Gasteiger partial charge is 0.461 e. The van der Waals surface area contributed by atoms with E-state index in [4.69, 9.17) is 14.3 Å². The lowest BCUT2D eigenvalue weighted by Gasteiger charge is -2.28. The highest BCUT2D eigenvalue weighted by atomic mass is 16.7. The second-order valence-electron chi connectivity index (χ2n) is 4.42. The summed E-state index contributed by atoms with van der Waals surface area (Å²) in [5.41, 5.74) is -0.303. The van der Waals surface area contributed by atoms with Crippen LogP contribution in [0, 0.1) is 0 Å². The van der Waals surface area contributed by atoms with Crippen molar-refractivity contribution in [1.82, 2.24) is 0 Å². The molecule has 0 amide bonds. The summed E-state index contributed by atoms with van der Waals surface area (Å²) in [4.78, 5) is 28.2. The third-order valence-electron chi connectivity index (χ3n) is 3.03. The molecule has 0 heterocycles. The van der Waals surface area contributed by atoms with Crippen molar-refractivity contribution in [2.45, 2.75) is 51.7 Å². The lowest BCUT2D eigenvalue weighted by molar-refractivity contribution is -0.136. The Bertz CT molecular complexity index is 353. The molecule has 0 aromatic heterocycles. The molecule has 0 bridgehead atoms. The molecule has 0 aromatic carbocycles. The molecule has 0 radical (unpaired) electrons. The second kappa shape index (κ2) is 7.89. The van der Waals surface area contributed by atoms with Crippen molar-refractivity contribution in [2.75, 3.05) is 13.7 Å². The van der Waals surface area contributed by atoms with Crippen LogP contribution in [0.4, 0.5) is 0 Å². The number of carbonyl (C=O) groups is 2. The van der Waals surface area contributed by atoms with Crippen molar-refractivity contribution in [1.29, 1.82) is 0 Å². The molecule has 0 saturated heterocycles. The highest BCUT2D eigenvalue weighted by Crippen LogP contribution is 2.23. The summed E-state index contributed by atoms with van der Waals surface area (Å²) >= 11 is 0. The predicted molar refractivity (Wildman–Crippen MR) is 68.9 cm³/mol. The van der Waals surface area contributed by atoms with Gasteiger partial charge in [0.15, 0.2) is 11.9 Å². The number of methoxy groups -OCH3 is 1. The van der Waals surface area contributed by atoms with Crippen molar-refractivity contribution in [3.05, 3.63) is 0 Å². The molecule has 0 spiro atoms. The molecule has 1 saturated carbocycles. The number of Topliss-reactive ketones (excluding diaryl/α,β-unsaturated/α-hetero) is 1. The average molecular weight is 271 g/mol. The summed E-state index contributed by atoms with van der Waals surface area (Å²) in [6.07, 6.45) is 3.53. The van der Waals surface area contributed by atoms with Gasteiger partial charge in [0.05, 0.1) is 12.7 Å². The fraction of sp³-hybridized carbons (Fsp3) is 0.769. The SMILES string of the molecule is CCOC(=O)/C(=N\O[C@@H]1CCCC[C@H]1OC)C(C)=O. The Balaban J connectivity index is 2.68. The van der Waals surface area contributed by atoms with Crippen molar-refractivity contribution >= 4 is 17.5 Å². The number of ether oxygens (including phenoxy) is 2. The molecule has 0 aromatic rings. The Morgan fingerprint density at radius 2 is 1.84 bits per heavy atom. The fourth-order valence-corrected chi connectivity index (χ4v) is 2.02. The quantitative estimate of drug-likeness (QED) is 0.316. The number of hydrogen-bond acceptors (Lipinski definition) is 6. The molecule has 1 aliphatic rings. The fourth-order valence-electron chi connectivity index (χ4n) is 2.02. The first kappa shape index (κ1) is 15.6. The standard InChI is InChI=1S/C13H21NO5/c1-4-18-13(16)12(9(2)15)14-19-11-8-6-5-7-10(11)17-3/h10-11H,4-8H2,1-3H3/b14-12-/t10-,11-/m1/s1. The lowest BCUT2D eigenvalue weighted by Crippen LogP contribution is -2.34. The third kappa shape index (κ3) is 4.63. The van der Waals surface area contributed by atoms with Crippen LogP contribution in [-0.2, 0) is 23.9 Å². The maximum Gasteiger partial charge on any atom is 0.364 e. The Labute approximate surface area is 113 Å². The first-order valence-electron chi connectivity index (χ1n) is 6.54. The van der Waals surface area contributed by atoms with Crippen LogP contribution in [0.3, 0.4) is 0 Å². The topological polar surface area (TPSA) is 74.2 Å². The van der Waals surface area contributed by atoms with E-state index in [0.717, 1.165) is 25.7 Å². The van der Waals surface area contributed by atoms with Crippen LogP contribution >= 0.6 is 0 Å². The van der Waals surface area contributed by atoms with E-state index in [0.29, 0.717) is 0 Å². The first-order valence-corrected chi connectivity index (χ1v) is 6.54. The smallest absolute Gasteiger partial charge is 0.364 e. The van der Waals surface area contributed by atoms with Gasteiger partial charge in [0.25, 0.3) is 0 Å². The second-order valence-corrected chi connectivity index (χ2v) is 4.42. The van der Waals surface area contributed by atoms with Crippen LogP contribution in [0.15, 0.2) is 5.16 Å². The van der Waals surface area contributed by atoms with E-state index in [-0.39, 0.29) is 24.5 Å². The summed E-state index contributed by atoms with van der Waals surface area (Å²) in [6.45, 7) is 3.11. The number of nitrogens with zero attached hydrogens (tertiary/aromatic N) is 1. The highest BCUT2D eigenvalue weighted by Gasteiger charge is 2.28. The predicted octanol–water partition coefficient (Wildman–Crippen LogP) is 1.47. The summed E-state index contributed by atoms with van der Waals surface area (Å²) in [6, 6.07) is 0. The molecule has 0 N–H and O–H groups in total. The van der Waals surface area contributed by atoms with Crippen molar-refractivity contribution < 1.29 is 23.9 Å². The van der Waals surface area contributed by atoms with Gasteiger partial charge >= 0.3 is 5.97 Å². The molecule has 2 atom stereocenters. The van der Waals surface area contributed by atoms with Gasteiger partial charge in [0, 0.05) is 14.0 Å². The van der Waals surface area contributed by atoms with Gasteiger partial charge in [-0.15, -0.1) is 0 Å². The zero-order valence-electron chi connectivity index (χ0n) is 11.7. The Hall–Kier alpha value is -1.43. The number of esters is 1. The lowest BCUT2D eigenvalue weighted by atomic mass is 9.95. The van der Waals surface area contributed by atoms with Gasteiger partial charge in [-0.25, -0.2) is 4.79 Å². The van der Waals surface area contributed by atoms with Crippen LogP contribution in [0.5, 0.6) is 0 Å². The van der Waals surface area contributed by atoms with Gasteiger partial charge in [0.2, 0.25) is 5.71 Å². The zero-order chi connectivity index (χ0) is 14.3. The van der Waals surface area contributed by atoms with E-state index in [1.807, 2.05) is 0 Å².